The molecule has 0 aromatic heterocycles. The molecule has 0 heterocycles. The van der Waals surface area contributed by atoms with E-state index in [2.05, 4.69) is 15.9 Å². The molecule has 4 aromatic carbocycles. The molecule has 0 aliphatic heterocycles. The zero-order valence-electron chi connectivity index (χ0n) is 21.8. The van der Waals surface area contributed by atoms with Crippen LogP contribution in [0.2, 0.25) is 0 Å². The summed E-state index contributed by atoms with van der Waals surface area (Å²) >= 11 is 3.38. The number of rotatable bonds is 7. The SMILES string of the molecule is CS(=O)(=O)c1ccc(-c2ccc(Br)cc2)cc1.CS(=O)(=O)c1ccc(-c2ccc(CCCC(F)(F)F)cc2)cc1. The summed E-state index contributed by atoms with van der Waals surface area (Å²) < 4.78 is 82.8. The Hall–Kier alpha value is -2.95. The van der Waals surface area contributed by atoms with Crippen molar-refractivity contribution in [1.82, 2.24) is 0 Å². The number of hydrogen-bond acceptors (Lipinski definition) is 4. The van der Waals surface area contributed by atoms with Gasteiger partial charge in [0.05, 0.1) is 9.79 Å². The van der Waals surface area contributed by atoms with Crippen LogP contribution in [0.3, 0.4) is 0 Å². The second-order valence-corrected chi connectivity index (χ2v) is 14.2. The van der Waals surface area contributed by atoms with Gasteiger partial charge in [0.1, 0.15) is 0 Å². The van der Waals surface area contributed by atoms with E-state index in [1.54, 1.807) is 48.5 Å². The van der Waals surface area contributed by atoms with Crippen LogP contribution in [-0.2, 0) is 26.1 Å². The van der Waals surface area contributed by atoms with Gasteiger partial charge in [0.2, 0.25) is 0 Å². The van der Waals surface area contributed by atoms with Crippen LogP contribution in [0.15, 0.2) is 111 Å². The van der Waals surface area contributed by atoms with Crippen molar-refractivity contribution in [3.63, 3.8) is 0 Å². The van der Waals surface area contributed by atoms with E-state index in [0.29, 0.717) is 11.3 Å². The Bertz CT molecular complexity index is 1610. The second kappa shape index (κ2) is 13.1. The molecule has 212 valence electrons. The molecule has 0 spiro atoms. The fourth-order valence-corrected chi connectivity index (χ4v) is 5.31. The first-order valence-corrected chi connectivity index (χ1v) is 16.7. The predicted octanol–water partition coefficient (Wildman–Crippen LogP) is 8.16. The van der Waals surface area contributed by atoms with E-state index in [-0.39, 0.29) is 11.3 Å². The van der Waals surface area contributed by atoms with E-state index in [0.717, 1.165) is 38.5 Å². The number of benzene rings is 4. The Balaban J connectivity index is 0.000000230. The van der Waals surface area contributed by atoms with Gasteiger partial charge in [-0.25, -0.2) is 16.8 Å². The van der Waals surface area contributed by atoms with Crippen LogP contribution in [0.25, 0.3) is 22.3 Å². The van der Waals surface area contributed by atoms with Gasteiger partial charge in [-0.1, -0.05) is 76.6 Å². The van der Waals surface area contributed by atoms with E-state index < -0.39 is 32.3 Å². The first-order chi connectivity index (χ1) is 18.6. The Kier molecular flexibility index (Phi) is 10.4. The largest absolute Gasteiger partial charge is 0.389 e. The summed E-state index contributed by atoms with van der Waals surface area (Å²) in [7, 11) is -6.34. The van der Waals surface area contributed by atoms with Gasteiger partial charge >= 0.3 is 6.18 Å². The lowest BCUT2D eigenvalue weighted by molar-refractivity contribution is -0.135. The van der Waals surface area contributed by atoms with Crippen LogP contribution in [-0.4, -0.2) is 35.5 Å². The van der Waals surface area contributed by atoms with Gasteiger partial charge in [0, 0.05) is 23.4 Å². The van der Waals surface area contributed by atoms with E-state index in [9.17, 15) is 30.0 Å². The summed E-state index contributed by atoms with van der Waals surface area (Å²) in [4.78, 5) is 0.600. The molecule has 0 unspecified atom stereocenters. The van der Waals surface area contributed by atoms with E-state index in [1.807, 2.05) is 48.5 Å². The third-order valence-electron chi connectivity index (χ3n) is 5.96. The van der Waals surface area contributed by atoms with E-state index in [1.165, 1.54) is 6.26 Å². The number of aryl methyl sites for hydroxylation is 1. The lowest BCUT2D eigenvalue weighted by atomic mass is 10.0. The van der Waals surface area contributed by atoms with Crippen LogP contribution in [0.1, 0.15) is 18.4 Å². The summed E-state index contributed by atoms with van der Waals surface area (Å²) in [6.45, 7) is 0. The Morgan fingerprint density at radius 3 is 1.23 bits per heavy atom. The molecule has 0 aliphatic carbocycles. The van der Waals surface area contributed by atoms with Gasteiger partial charge in [-0.05, 0) is 77.1 Å². The minimum absolute atomic E-state index is 0.0753. The molecule has 0 N–H and O–H groups in total. The molecule has 0 aliphatic rings. The molecule has 0 amide bonds. The van der Waals surface area contributed by atoms with Gasteiger partial charge in [0.15, 0.2) is 19.7 Å². The lowest BCUT2D eigenvalue weighted by Gasteiger charge is -2.07. The van der Waals surface area contributed by atoms with Crippen molar-refractivity contribution in [2.75, 3.05) is 12.5 Å². The summed E-state index contributed by atoms with van der Waals surface area (Å²) in [6.07, 6.45) is -2.07. The van der Waals surface area contributed by atoms with Gasteiger partial charge < -0.3 is 0 Å². The van der Waals surface area contributed by atoms with Crippen LogP contribution in [0.5, 0.6) is 0 Å². The van der Waals surface area contributed by atoms with Crippen molar-refractivity contribution < 1.29 is 30.0 Å². The normalized spacial score (nSPS) is 11.9. The van der Waals surface area contributed by atoms with Crippen molar-refractivity contribution in [2.45, 2.75) is 35.2 Å². The molecule has 4 aromatic rings. The third kappa shape index (κ3) is 9.91. The monoisotopic (exact) mass is 652 g/mol. The van der Waals surface area contributed by atoms with E-state index >= 15 is 0 Å². The maximum Gasteiger partial charge on any atom is 0.389 e. The molecular weight excluding hydrogens is 625 g/mol. The minimum atomic E-state index is -4.11. The van der Waals surface area contributed by atoms with Crippen molar-refractivity contribution in [3.05, 3.63) is 107 Å². The van der Waals surface area contributed by atoms with Crippen LogP contribution in [0, 0.1) is 0 Å². The molecule has 10 heteroatoms. The highest BCUT2D eigenvalue weighted by molar-refractivity contribution is 9.10. The average molecular weight is 654 g/mol. The van der Waals surface area contributed by atoms with Crippen molar-refractivity contribution in [3.8, 4) is 22.3 Å². The second-order valence-electron chi connectivity index (χ2n) is 9.27. The molecule has 0 saturated carbocycles. The standard InChI is InChI=1S/C17H17F3O2S.C13H11BrO2S/c1-23(21,22)16-10-8-15(9-11-16)14-6-4-13(5-7-14)3-2-12-17(18,19)20;1-17(15,16)13-8-4-11(5-9-13)10-2-6-12(14)7-3-10/h4-11H,2-3,12H2,1H3;2-9H,1H3. The quantitative estimate of drug-likeness (QED) is 0.202. The third-order valence-corrected chi connectivity index (χ3v) is 8.74. The Labute approximate surface area is 241 Å². The molecule has 0 fully saturated rings. The summed E-state index contributed by atoms with van der Waals surface area (Å²) in [5.74, 6) is 0. The maximum absolute atomic E-state index is 12.1. The smallest absolute Gasteiger partial charge is 0.224 e. The molecule has 0 saturated heterocycles. The predicted molar refractivity (Wildman–Crippen MR) is 157 cm³/mol. The average Bonchev–Trinajstić information content (AvgIpc) is 2.88. The zero-order chi connectivity index (χ0) is 29.6. The summed E-state index contributed by atoms with van der Waals surface area (Å²) in [5, 5.41) is 0. The first-order valence-electron chi connectivity index (χ1n) is 12.1. The van der Waals surface area contributed by atoms with Gasteiger partial charge in [-0.15, -0.1) is 0 Å². The summed E-state index contributed by atoms with van der Waals surface area (Å²) in [5.41, 5.74) is 4.67. The molecule has 0 bridgehead atoms. The Morgan fingerprint density at radius 2 is 0.900 bits per heavy atom. The number of alkyl halides is 3. The minimum Gasteiger partial charge on any atom is -0.224 e. The lowest BCUT2D eigenvalue weighted by Crippen LogP contribution is -2.07. The Morgan fingerprint density at radius 1 is 0.575 bits per heavy atom. The fourth-order valence-electron chi connectivity index (χ4n) is 3.79. The van der Waals surface area contributed by atoms with Crippen LogP contribution < -0.4 is 0 Å². The van der Waals surface area contributed by atoms with Crippen molar-refractivity contribution in [1.29, 1.82) is 0 Å². The fraction of sp³-hybridized carbons (Fsp3) is 0.200. The van der Waals surface area contributed by atoms with Gasteiger partial charge in [-0.3, -0.25) is 0 Å². The van der Waals surface area contributed by atoms with Crippen molar-refractivity contribution in [2.24, 2.45) is 0 Å². The number of halogens is 4. The number of hydrogen-bond donors (Lipinski definition) is 0. The van der Waals surface area contributed by atoms with Gasteiger partial charge in [0.25, 0.3) is 0 Å². The first kappa shape index (κ1) is 31.6. The van der Waals surface area contributed by atoms with Crippen LogP contribution >= 0.6 is 15.9 Å². The zero-order valence-corrected chi connectivity index (χ0v) is 25.0. The highest BCUT2D eigenvalue weighted by Gasteiger charge is 2.25. The molecule has 0 atom stereocenters. The van der Waals surface area contributed by atoms with Crippen LogP contribution in [0.4, 0.5) is 13.2 Å². The molecule has 4 rings (SSSR count). The molecule has 0 radical (unpaired) electrons. The topological polar surface area (TPSA) is 68.3 Å². The van der Waals surface area contributed by atoms with Crippen molar-refractivity contribution >= 4 is 35.6 Å². The molecule has 4 nitrogen and oxygen atoms in total. The summed E-state index contributed by atoms with van der Waals surface area (Å²) in [6, 6.07) is 28.6. The van der Waals surface area contributed by atoms with Gasteiger partial charge in [-0.2, -0.15) is 13.2 Å². The maximum atomic E-state index is 12.1. The number of sulfone groups is 2. The highest BCUT2D eigenvalue weighted by Crippen LogP contribution is 2.25. The molecular formula is C30H28BrF3O4S2. The highest BCUT2D eigenvalue weighted by atomic mass is 79.9. The molecule has 40 heavy (non-hydrogen) atoms. The van der Waals surface area contributed by atoms with E-state index in [4.69, 9.17) is 0 Å².